The zero-order valence-electron chi connectivity index (χ0n) is 7.86. The largest absolute Gasteiger partial charge is 0.424 e. The number of esters is 1. The molecule has 0 fully saturated rings. The molecule has 3 nitrogen and oxygen atoms in total. The van der Waals surface area contributed by atoms with Gasteiger partial charge in [0.25, 0.3) is 0 Å². The fourth-order valence-corrected chi connectivity index (χ4v) is 1.16. The van der Waals surface area contributed by atoms with Gasteiger partial charge >= 0.3 is 5.97 Å². The van der Waals surface area contributed by atoms with Gasteiger partial charge in [-0.2, -0.15) is 0 Å². The normalized spacial score (nSPS) is 21.2. The van der Waals surface area contributed by atoms with E-state index in [0.717, 1.165) is 0 Å². The number of rotatable bonds is 3. The Hall–Kier alpha value is -1.09. The third-order valence-electron chi connectivity index (χ3n) is 1.67. The van der Waals surface area contributed by atoms with Crippen molar-refractivity contribution in [2.24, 2.45) is 5.92 Å². The molecule has 0 spiro atoms. The summed E-state index contributed by atoms with van der Waals surface area (Å²) in [4.78, 5) is 10.6. The van der Waals surface area contributed by atoms with Gasteiger partial charge in [-0.05, 0) is 24.5 Å². The van der Waals surface area contributed by atoms with Gasteiger partial charge in [0.05, 0.1) is 6.10 Å². The van der Waals surface area contributed by atoms with Crippen LogP contribution in [-0.2, 0) is 9.53 Å². The summed E-state index contributed by atoms with van der Waals surface area (Å²) in [5.74, 6) is 0.495. The van der Waals surface area contributed by atoms with E-state index in [9.17, 15) is 9.90 Å². The number of allylic oxidation sites excluding steroid dienone is 1. The standard InChI is InChI=1S/C10H14O3/c1-7(2)5-8(11)6-9-3-4-10(12)13-9/h3-4,6-8,11H,5H2,1-2H3/b9-6+. The summed E-state index contributed by atoms with van der Waals surface area (Å²) in [5.41, 5.74) is 0. The monoisotopic (exact) mass is 182 g/mol. The zero-order valence-corrected chi connectivity index (χ0v) is 7.86. The first kappa shape index (κ1) is 9.99. The number of aliphatic hydroxyl groups is 1. The van der Waals surface area contributed by atoms with Crippen molar-refractivity contribution in [2.75, 3.05) is 0 Å². The summed E-state index contributed by atoms with van der Waals surface area (Å²) in [6.45, 7) is 4.05. The fraction of sp³-hybridized carbons (Fsp3) is 0.500. The number of cyclic esters (lactones) is 1. The van der Waals surface area contributed by atoms with Crippen molar-refractivity contribution in [3.63, 3.8) is 0 Å². The minimum atomic E-state index is -0.537. The van der Waals surface area contributed by atoms with Crippen LogP contribution in [0.2, 0.25) is 0 Å². The molecule has 13 heavy (non-hydrogen) atoms. The Morgan fingerprint density at radius 2 is 2.23 bits per heavy atom. The molecule has 1 heterocycles. The average molecular weight is 182 g/mol. The Kier molecular flexibility index (Phi) is 3.25. The molecule has 1 aliphatic heterocycles. The van der Waals surface area contributed by atoms with Crippen molar-refractivity contribution in [3.05, 3.63) is 24.0 Å². The lowest BCUT2D eigenvalue weighted by molar-refractivity contribution is -0.132. The first-order valence-electron chi connectivity index (χ1n) is 4.37. The van der Waals surface area contributed by atoms with Crippen molar-refractivity contribution in [2.45, 2.75) is 26.4 Å². The smallest absolute Gasteiger partial charge is 0.336 e. The summed E-state index contributed by atoms with van der Waals surface area (Å²) >= 11 is 0. The molecule has 0 aromatic carbocycles. The molecule has 1 atom stereocenters. The van der Waals surface area contributed by atoms with Gasteiger partial charge in [0.15, 0.2) is 0 Å². The molecule has 0 aromatic rings. The van der Waals surface area contributed by atoms with E-state index in [2.05, 4.69) is 0 Å². The Morgan fingerprint density at radius 1 is 1.54 bits per heavy atom. The predicted octanol–water partition coefficient (Wildman–Crippen LogP) is 1.39. The summed E-state index contributed by atoms with van der Waals surface area (Å²) in [6.07, 6.45) is 4.60. The molecule has 3 heteroatoms. The number of hydrogen-bond donors (Lipinski definition) is 1. The number of carbonyl (C=O) groups is 1. The van der Waals surface area contributed by atoms with Crippen molar-refractivity contribution in [1.29, 1.82) is 0 Å². The molecule has 0 saturated heterocycles. The Labute approximate surface area is 77.7 Å². The summed E-state index contributed by atoms with van der Waals surface area (Å²) in [5, 5.41) is 9.46. The zero-order chi connectivity index (χ0) is 9.84. The van der Waals surface area contributed by atoms with E-state index in [4.69, 9.17) is 4.74 Å². The van der Waals surface area contributed by atoms with Gasteiger partial charge in [-0.1, -0.05) is 13.8 Å². The summed E-state index contributed by atoms with van der Waals surface area (Å²) in [6, 6.07) is 0. The molecule has 72 valence electrons. The summed E-state index contributed by atoms with van der Waals surface area (Å²) < 4.78 is 4.76. The van der Waals surface area contributed by atoms with Gasteiger partial charge in [0.2, 0.25) is 0 Å². The van der Waals surface area contributed by atoms with Gasteiger partial charge in [0, 0.05) is 6.08 Å². The van der Waals surface area contributed by atoms with Crippen molar-refractivity contribution in [1.82, 2.24) is 0 Å². The first-order chi connectivity index (χ1) is 6.08. The van der Waals surface area contributed by atoms with E-state index in [1.165, 1.54) is 6.08 Å². The van der Waals surface area contributed by atoms with Crippen LogP contribution in [0.3, 0.4) is 0 Å². The molecule has 0 bridgehead atoms. The molecule has 0 aliphatic carbocycles. The van der Waals surface area contributed by atoms with E-state index in [0.29, 0.717) is 18.1 Å². The number of ether oxygens (including phenoxy) is 1. The molecule has 0 amide bonds. The molecular weight excluding hydrogens is 168 g/mol. The third kappa shape index (κ3) is 3.42. The Morgan fingerprint density at radius 3 is 2.69 bits per heavy atom. The quantitative estimate of drug-likeness (QED) is 0.671. The van der Waals surface area contributed by atoms with E-state index >= 15 is 0 Å². The Bertz CT molecular complexity index is 251. The lowest BCUT2D eigenvalue weighted by Gasteiger charge is -2.08. The van der Waals surface area contributed by atoms with E-state index < -0.39 is 6.10 Å². The Balaban J connectivity index is 2.47. The van der Waals surface area contributed by atoms with Crippen LogP contribution in [0.5, 0.6) is 0 Å². The van der Waals surface area contributed by atoms with Crippen molar-refractivity contribution >= 4 is 5.97 Å². The number of carbonyl (C=O) groups excluding carboxylic acids is 1. The average Bonchev–Trinajstić information content (AvgIpc) is 2.33. The molecule has 1 aliphatic rings. The van der Waals surface area contributed by atoms with E-state index in [-0.39, 0.29) is 5.97 Å². The number of hydrogen-bond acceptors (Lipinski definition) is 3. The van der Waals surface area contributed by atoms with Gasteiger partial charge in [-0.15, -0.1) is 0 Å². The molecule has 0 saturated carbocycles. The van der Waals surface area contributed by atoms with Gasteiger partial charge < -0.3 is 9.84 Å². The minimum absolute atomic E-state index is 0.372. The van der Waals surface area contributed by atoms with Crippen LogP contribution in [0.25, 0.3) is 0 Å². The molecule has 0 radical (unpaired) electrons. The highest BCUT2D eigenvalue weighted by molar-refractivity contribution is 5.86. The van der Waals surface area contributed by atoms with Crippen LogP contribution < -0.4 is 0 Å². The van der Waals surface area contributed by atoms with E-state index in [1.807, 2.05) is 13.8 Å². The highest BCUT2D eigenvalue weighted by atomic mass is 16.5. The third-order valence-corrected chi connectivity index (χ3v) is 1.67. The van der Waals surface area contributed by atoms with Crippen molar-refractivity contribution < 1.29 is 14.6 Å². The first-order valence-corrected chi connectivity index (χ1v) is 4.37. The van der Waals surface area contributed by atoms with Crippen LogP contribution in [0.1, 0.15) is 20.3 Å². The van der Waals surface area contributed by atoms with E-state index in [1.54, 1.807) is 12.2 Å². The maximum absolute atomic E-state index is 10.6. The molecule has 1 N–H and O–H groups in total. The maximum atomic E-state index is 10.6. The second-order valence-electron chi connectivity index (χ2n) is 3.52. The van der Waals surface area contributed by atoms with Crippen LogP contribution in [0.15, 0.2) is 24.0 Å². The SMILES string of the molecule is CC(C)CC(O)/C=C1\C=CC(=O)O1. The van der Waals surface area contributed by atoms with Crippen LogP contribution in [0, 0.1) is 5.92 Å². The van der Waals surface area contributed by atoms with Gasteiger partial charge in [0.1, 0.15) is 5.76 Å². The second kappa shape index (κ2) is 4.23. The second-order valence-corrected chi connectivity index (χ2v) is 3.52. The number of aliphatic hydroxyl groups excluding tert-OH is 1. The minimum Gasteiger partial charge on any atom is -0.424 e. The van der Waals surface area contributed by atoms with Crippen molar-refractivity contribution in [3.8, 4) is 0 Å². The highest BCUT2D eigenvalue weighted by Crippen LogP contribution is 2.13. The molecule has 1 unspecified atom stereocenters. The highest BCUT2D eigenvalue weighted by Gasteiger charge is 2.11. The lowest BCUT2D eigenvalue weighted by atomic mass is 10.1. The fourth-order valence-electron chi connectivity index (χ4n) is 1.16. The van der Waals surface area contributed by atoms with Gasteiger partial charge in [-0.3, -0.25) is 0 Å². The lowest BCUT2D eigenvalue weighted by Crippen LogP contribution is -2.07. The molecule has 0 aromatic heterocycles. The topological polar surface area (TPSA) is 46.5 Å². The summed E-state index contributed by atoms with van der Waals surface area (Å²) in [7, 11) is 0. The predicted molar refractivity (Wildman–Crippen MR) is 48.8 cm³/mol. The van der Waals surface area contributed by atoms with Crippen LogP contribution in [0.4, 0.5) is 0 Å². The van der Waals surface area contributed by atoms with Crippen LogP contribution >= 0.6 is 0 Å². The molecular formula is C10H14O3. The van der Waals surface area contributed by atoms with Gasteiger partial charge in [-0.25, -0.2) is 4.79 Å². The van der Waals surface area contributed by atoms with Crippen LogP contribution in [-0.4, -0.2) is 17.2 Å². The molecule has 1 rings (SSSR count). The maximum Gasteiger partial charge on any atom is 0.336 e.